The SMILES string of the molecule is CNC(=O)C1(NC(C)=O)CC(Cl)=C(OC(C)(C)C(=O)O)C=C1N1C[C@@H](O)[C@H](NC2CCN(C(=O)c3ccc(Cl)cc3)CC2)C1.O=C(O)C(F)(F)F. The Kier molecular flexibility index (Phi) is 13.4. The van der Waals surface area contributed by atoms with Crippen molar-refractivity contribution in [2.75, 3.05) is 33.2 Å². The second-order valence-corrected chi connectivity index (χ2v) is 13.6. The van der Waals surface area contributed by atoms with Gasteiger partial charge in [0.25, 0.3) is 11.8 Å². The first kappa shape index (κ1) is 41.4. The number of nitrogens with one attached hydrogen (secondary N) is 3. The number of aliphatic hydroxyl groups excluding tert-OH is 1. The van der Waals surface area contributed by atoms with Gasteiger partial charge in [0.05, 0.1) is 22.9 Å². The number of carboxylic acid groups (broad SMARTS) is 2. The summed E-state index contributed by atoms with van der Waals surface area (Å²) < 4.78 is 37.5. The summed E-state index contributed by atoms with van der Waals surface area (Å²) in [5.74, 6) is -4.98. The van der Waals surface area contributed by atoms with Crippen molar-refractivity contribution in [3.8, 4) is 0 Å². The molecule has 2 heterocycles. The number of β-amino-alcohol motifs (C(OH)–C–C–N with tert-alkyl or cyclic N) is 1. The summed E-state index contributed by atoms with van der Waals surface area (Å²) in [7, 11) is 1.44. The van der Waals surface area contributed by atoms with Gasteiger partial charge in [0, 0.05) is 69.3 Å². The second-order valence-electron chi connectivity index (χ2n) is 12.7. The van der Waals surface area contributed by atoms with Gasteiger partial charge < -0.3 is 45.8 Å². The third kappa shape index (κ3) is 10.3. The van der Waals surface area contributed by atoms with Crippen molar-refractivity contribution in [2.45, 2.75) is 75.5 Å². The van der Waals surface area contributed by atoms with Crippen LogP contribution >= 0.6 is 23.2 Å². The zero-order chi connectivity index (χ0) is 38.5. The molecule has 282 valence electrons. The molecule has 2 aliphatic heterocycles. The molecule has 3 aliphatic rings. The number of hydrogen-bond donors (Lipinski definition) is 6. The summed E-state index contributed by atoms with van der Waals surface area (Å²) in [5.41, 5.74) is -2.36. The summed E-state index contributed by atoms with van der Waals surface area (Å²) >= 11 is 12.5. The van der Waals surface area contributed by atoms with Gasteiger partial charge in [-0.05, 0) is 51.0 Å². The maximum atomic E-state index is 13.4. The number of carbonyl (C=O) groups excluding carboxylic acids is 3. The molecule has 6 N–H and O–H groups in total. The summed E-state index contributed by atoms with van der Waals surface area (Å²) in [4.78, 5) is 62.9. The zero-order valence-corrected chi connectivity index (χ0v) is 29.7. The number of aliphatic carboxylic acids is 2. The Bertz CT molecular complexity index is 1560. The highest BCUT2D eigenvalue weighted by Gasteiger charge is 2.51. The predicted octanol–water partition coefficient (Wildman–Crippen LogP) is 2.45. The Morgan fingerprint density at radius 2 is 1.55 bits per heavy atom. The Hall–Kier alpha value is -4.06. The van der Waals surface area contributed by atoms with E-state index in [0.29, 0.717) is 42.2 Å². The number of carboxylic acids is 2. The summed E-state index contributed by atoms with van der Waals surface area (Å²) in [6.45, 7) is 5.54. The molecule has 1 unspecified atom stereocenters. The second kappa shape index (κ2) is 16.5. The molecule has 19 heteroatoms. The Morgan fingerprint density at radius 3 is 2.04 bits per heavy atom. The minimum absolute atomic E-state index is 0.0350. The number of rotatable bonds is 9. The highest BCUT2D eigenvalue weighted by Crippen LogP contribution is 2.40. The van der Waals surface area contributed by atoms with Crippen molar-refractivity contribution >= 4 is 52.9 Å². The Labute approximate surface area is 301 Å². The summed E-state index contributed by atoms with van der Waals surface area (Å²) in [5, 5.41) is 37.4. The first-order valence-corrected chi connectivity index (χ1v) is 16.4. The number of likely N-dealkylation sites (tertiary alicyclic amines) is 2. The van der Waals surface area contributed by atoms with Crippen LogP contribution in [0.15, 0.2) is 46.8 Å². The highest BCUT2D eigenvalue weighted by molar-refractivity contribution is 6.31. The molecular weight excluding hydrogens is 726 g/mol. The monoisotopic (exact) mass is 765 g/mol. The number of hydrogen-bond acceptors (Lipinski definition) is 9. The van der Waals surface area contributed by atoms with Crippen molar-refractivity contribution in [1.82, 2.24) is 25.8 Å². The molecule has 51 heavy (non-hydrogen) atoms. The van der Waals surface area contributed by atoms with Crippen LogP contribution in [-0.4, -0.2) is 124 Å². The van der Waals surface area contributed by atoms with Crippen LogP contribution in [0.3, 0.4) is 0 Å². The minimum atomic E-state index is -5.08. The number of piperidine rings is 1. The topological polar surface area (TPSA) is 198 Å². The van der Waals surface area contributed by atoms with Gasteiger partial charge in [-0.15, -0.1) is 0 Å². The van der Waals surface area contributed by atoms with Gasteiger partial charge in [0.2, 0.25) is 5.91 Å². The van der Waals surface area contributed by atoms with Gasteiger partial charge in [-0.1, -0.05) is 23.2 Å². The number of amides is 3. The van der Waals surface area contributed by atoms with Gasteiger partial charge >= 0.3 is 18.1 Å². The lowest BCUT2D eigenvalue weighted by Crippen LogP contribution is -2.62. The number of carbonyl (C=O) groups is 5. The molecule has 0 aromatic heterocycles. The molecule has 0 spiro atoms. The first-order chi connectivity index (χ1) is 23.6. The molecule has 2 saturated heterocycles. The van der Waals surface area contributed by atoms with Crippen LogP contribution in [0.4, 0.5) is 13.2 Å². The molecule has 1 aliphatic carbocycles. The number of nitrogens with zero attached hydrogens (tertiary/aromatic N) is 2. The van der Waals surface area contributed by atoms with Crippen molar-refractivity contribution in [1.29, 1.82) is 0 Å². The number of benzene rings is 1. The van der Waals surface area contributed by atoms with Crippen LogP contribution in [0.2, 0.25) is 5.02 Å². The number of halogens is 5. The van der Waals surface area contributed by atoms with E-state index >= 15 is 0 Å². The van der Waals surface area contributed by atoms with Gasteiger partial charge in [0.1, 0.15) is 5.76 Å². The average molecular weight is 767 g/mol. The summed E-state index contributed by atoms with van der Waals surface area (Å²) in [6, 6.07) is 6.44. The lowest BCUT2D eigenvalue weighted by Gasteiger charge is -2.42. The maximum absolute atomic E-state index is 13.4. The van der Waals surface area contributed by atoms with Gasteiger partial charge in [-0.25, -0.2) is 9.59 Å². The van der Waals surface area contributed by atoms with E-state index in [4.69, 9.17) is 37.8 Å². The zero-order valence-electron chi connectivity index (χ0n) is 28.1. The molecule has 2 fully saturated rings. The molecule has 0 radical (unpaired) electrons. The van der Waals surface area contributed by atoms with Crippen molar-refractivity contribution in [3.63, 3.8) is 0 Å². The Morgan fingerprint density at radius 1 is 0.980 bits per heavy atom. The largest absolute Gasteiger partial charge is 0.490 e. The lowest BCUT2D eigenvalue weighted by atomic mass is 9.84. The lowest BCUT2D eigenvalue weighted by molar-refractivity contribution is -0.192. The molecule has 3 atom stereocenters. The fourth-order valence-corrected chi connectivity index (χ4v) is 6.27. The number of allylic oxidation sites excluding steroid dienone is 1. The molecule has 0 saturated carbocycles. The van der Waals surface area contributed by atoms with Crippen LogP contribution in [0.25, 0.3) is 0 Å². The number of likely N-dealkylation sites (N-methyl/N-ethyl adjacent to an activating group) is 1. The number of alkyl halides is 3. The van der Waals surface area contributed by atoms with Crippen molar-refractivity contribution < 1.29 is 57.2 Å². The average Bonchev–Trinajstić information content (AvgIpc) is 3.40. The summed E-state index contributed by atoms with van der Waals surface area (Å²) in [6.07, 6.45) is -3.27. The fourth-order valence-electron chi connectivity index (χ4n) is 5.85. The molecule has 1 aromatic rings. The molecule has 4 rings (SSSR count). The maximum Gasteiger partial charge on any atom is 0.490 e. The predicted molar refractivity (Wildman–Crippen MR) is 178 cm³/mol. The third-order valence-corrected chi connectivity index (χ3v) is 9.04. The van der Waals surface area contributed by atoms with Crippen LogP contribution in [0.5, 0.6) is 0 Å². The molecule has 14 nitrogen and oxygen atoms in total. The van der Waals surface area contributed by atoms with E-state index in [1.54, 1.807) is 34.1 Å². The fraction of sp³-hybridized carbons (Fsp3) is 0.531. The molecule has 3 amide bonds. The van der Waals surface area contributed by atoms with E-state index in [1.807, 2.05) is 0 Å². The van der Waals surface area contributed by atoms with Crippen molar-refractivity contribution in [3.05, 3.63) is 57.4 Å². The highest BCUT2D eigenvalue weighted by atomic mass is 35.5. The van der Waals surface area contributed by atoms with E-state index in [9.17, 15) is 42.6 Å². The number of aliphatic hydroxyl groups is 1. The van der Waals surface area contributed by atoms with Crippen LogP contribution in [0, 0.1) is 0 Å². The van der Waals surface area contributed by atoms with E-state index < -0.39 is 47.2 Å². The molecule has 0 bridgehead atoms. The van der Waals surface area contributed by atoms with E-state index in [0.717, 1.165) is 0 Å². The molecular formula is C32H40Cl2F3N5O9. The van der Waals surface area contributed by atoms with Crippen LogP contribution < -0.4 is 16.0 Å². The Balaban J connectivity index is 0.000000908. The molecule has 1 aromatic carbocycles. The van der Waals surface area contributed by atoms with E-state index in [-0.39, 0.29) is 48.3 Å². The standard InChI is InChI=1S/C30H39Cl2N5O7.C2HF3O2/c1-17(38)35-30(27(41)33-4)14-21(32)24(44-29(2,3)28(42)43)13-25(30)37-15-22(23(39)16-37)34-20-9-11-36(12-10-20)26(40)18-5-7-19(31)8-6-18;3-2(4,5)1(6)7/h5-8,13,20,22-23,34,39H,9-12,14-16H2,1-4H3,(H,33,41)(H,35,38)(H,42,43);(H,6,7)/t22-,23-,30?;/m1./s1. The van der Waals surface area contributed by atoms with Gasteiger partial charge in [0.15, 0.2) is 11.1 Å². The normalized spacial score (nSPS) is 22.7. The minimum Gasteiger partial charge on any atom is -0.478 e. The smallest absolute Gasteiger partial charge is 0.478 e. The first-order valence-electron chi connectivity index (χ1n) is 15.7. The van der Waals surface area contributed by atoms with Crippen LogP contribution in [0.1, 0.15) is 50.4 Å². The van der Waals surface area contributed by atoms with E-state index in [2.05, 4.69) is 16.0 Å². The van der Waals surface area contributed by atoms with E-state index in [1.165, 1.54) is 33.9 Å². The quantitative estimate of drug-likeness (QED) is 0.216. The third-order valence-electron chi connectivity index (χ3n) is 8.47. The number of ether oxygens (including phenoxy) is 1. The van der Waals surface area contributed by atoms with Crippen molar-refractivity contribution in [2.24, 2.45) is 0 Å². The van der Waals surface area contributed by atoms with Gasteiger partial charge in [-0.2, -0.15) is 13.2 Å². The van der Waals surface area contributed by atoms with Gasteiger partial charge in [-0.3, -0.25) is 14.4 Å². The van der Waals surface area contributed by atoms with Crippen LogP contribution in [-0.2, 0) is 23.9 Å².